The molecule has 1 aliphatic carbocycles. The number of nitrogens with one attached hydrogen (secondary N) is 1. The quantitative estimate of drug-likeness (QED) is 0.727. The molecule has 0 aromatic carbocycles. The second kappa shape index (κ2) is 5.13. The zero-order valence-electron chi connectivity index (χ0n) is 9.84. The number of rotatable bonds is 4. The van der Waals surface area contributed by atoms with E-state index in [9.17, 15) is 5.11 Å². The zero-order chi connectivity index (χ0) is 10.6. The Morgan fingerprint density at radius 3 is 2.71 bits per heavy atom. The first-order valence-electron chi connectivity index (χ1n) is 5.94. The number of aliphatic hydroxyl groups is 1. The molecule has 0 aliphatic heterocycles. The molecule has 0 spiro atoms. The van der Waals surface area contributed by atoms with Crippen molar-refractivity contribution in [3.8, 4) is 0 Å². The van der Waals surface area contributed by atoms with Crippen LogP contribution >= 0.6 is 0 Å². The van der Waals surface area contributed by atoms with Crippen molar-refractivity contribution in [3.63, 3.8) is 0 Å². The van der Waals surface area contributed by atoms with Crippen LogP contribution in [0.3, 0.4) is 0 Å². The highest BCUT2D eigenvalue weighted by atomic mass is 16.3. The minimum Gasteiger partial charge on any atom is -0.394 e. The van der Waals surface area contributed by atoms with Gasteiger partial charge in [0.2, 0.25) is 0 Å². The van der Waals surface area contributed by atoms with E-state index in [4.69, 9.17) is 0 Å². The monoisotopic (exact) mass is 199 g/mol. The summed E-state index contributed by atoms with van der Waals surface area (Å²) in [6.07, 6.45) is 4.86. The van der Waals surface area contributed by atoms with Gasteiger partial charge in [-0.2, -0.15) is 0 Å². The fourth-order valence-electron chi connectivity index (χ4n) is 2.44. The van der Waals surface area contributed by atoms with Crippen molar-refractivity contribution in [3.05, 3.63) is 0 Å². The Morgan fingerprint density at radius 2 is 2.21 bits per heavy atom. The van der Waals surface area contributed by atoms with Gasteiger partial charge in [-0.25, -0.2) is 0 Å². The molecule has 2 nitrogen and oxygen atoms in total. The smallest absolute Gasteiger partial charge is 0.0613 e. The summed E-state index contributed by atoms with van der Waals surface area (Å²) in [7, 11) is 0. The average molecular weight is 199 g/mol. The van der Waals surface area contributed by atoms with Gasteiger partial charge in [-0.3, -0.25) is 0 Å². The van der Waals surface area contributed by atoms with Crippen molar-refractivity contribution in [1.29, 1.82) is 0 Å². The second-order valence-corrected chi connectivity index (χ2v) is 5.41. The van der Waals surface area contributed by atoms with Gasteiger partial charge < -0.3 is 10.4 Å². The number of hydrogen-bond acceptors (Lipinski definition) is 2. The maximum atomic E-state index is 9.51. The highest BCUT2D eigenvalue weighted by Gasteiger charge is 2.33. The fraction of sp³-hybridized carbons (Fsp3) is 1.00. The maximum Gasteiger partial charge on any atom is 0.0613 e. The van der Waals surface area contributed by atoms with Crippen LogP contribution in [0.2, 0.25) is 0 Å². The van der Waals surface area contributed by atoms with Gasteiger partial charge >= 0.3 is 0 Å². The van der Waals surface area contributed by atoms with E-state index < -0.39 is 0 Å². The third kappa shape index (κ3) is 3.25. The first kappa shape index (κ1) is 12.0. The molecule has 0 heterocycles. The first-order valence-corrected chi connectivity index (χ1v) is 5.94. The number of aliphatic hydroxyl groups excluding tert-OH is 1. The molecular weight excluding hydrogens is 174 g/mol. The lowest BCUT2D eigenvalue weighted by atomic mass is 9.76. The molecule has 0 aromatic rings. The van der Waals surface area contributed by atoms with Crippen molar-refractivity contribution in [2.75, 3.05) is 13.2 Å². The molecule has 2 atom stereocenters. The van der Waals surface area contributed by atoms with Gasteiger partial charge in [0.15, 0.2) is 0 Å². The van der Waals surface area contributed by atoms with Crippen LogP contribution in [0, 0.1) is 11.8 Å². The van der Waals surface area contributed by atoms with E-state index in [2.05, 4.69) is 26.1 Å². The summed E-state index contributed by atoms with van der Waals surface area (Å²) in [5.74, 6) is 1.42. The van der Waals surface area contributed by atoms with Crippen molar-refractivity contribution < 1.29 is 5.11 Å². The van der Waals surface area contributed by atoms with Crippen LogP contribution in [0.5, 0.6) is 0 Å². The van der Waals surface area contributed by atoms with Crippen LogP contribution in [-0.4, -0.2) is 23.8 Å². The van der Waals surface area contributed by atoms with Crippen LogP contribution < -0.4 is 5.32 Å². The molecule has 0 aromatic heterocycles. The van der Waals surface area contributed by atoms with Crippen molar-refractivity contribution >= 4 is 0 Å². The first-order chi connectivity index (χ1) is 6.58. The molecule has 0 radical (unpaired) electrons. The normalized spacial score (nSPS) is 33.6. The SMILES string of the molecule is CC(C)CNC1(CO)CCCC(C)C1. The fourth-order valence-corrected chi connectivity index (χ4v) is 2.44. The third-order valence-corrected chi connectivity index (χ3v) is 3.28. The minimum absolute atomic E-state index is 0.0297. The Balaban J connectivity index is 2.47. The van der Waals surface area contributed by atoms with E-state index in [1.54, 1.807) is 0 Å². The molecule has 1 rings (SSSR count). The Hall–Kier alpha value is -0.0800. The predicted molar refractivity (Wildman–Crippen MR) is 60.3 cm³/mol. The Kier molecular flexibility index (Phi) is 4.39. The van der Waals surface area contributed by atoms with Crippen LogP contribution in [0.4, 0.5) is 0 Å². The summed E-state index contributed by atoms with van der Waals surface area (Å²) < 4.78 is 0. The zero-order valence-corrected chi connectivity index (χ0v) is 9.84. The maximum absolute atomic E-state index is 9.51. The lowest BCUT2D eigenvalue weighted by molar-refractivity contribution is 0.0969. The summed E-state index contributed by atoms with van der Waals surface area (Å²) in [6, 6.07) is 0. The lowest BCUT2D eigenvalue weighted by Gasteiger charge is -2.40. The molecule has 0 saturated heterocycles. The molecule has 1 fully saturated rings. The predicted octanol–water partition coefficient (Wildman–Crippen LogP) is 2.17. The Labute approximate surface area is 88.1 Å². The van der Waals surface area contributed by atoms with Crippen LogP contribution in [0.1, 0.15) is 46.5 Å². The van der Waals surface area contributed by atoms with Crippen LogP contribution in [0.25, 0.3) is 0 Å². The summed E-state index contributed by atoms with van der Waals surface area (Å²) in [4.78, 5) is 0. The van der Waals surface area contributed by atoms with Gasteiger partial charge in [0.05, 0.1) is 6.61 Å². The summed E-state index contributed by atoms with van der Waals surface area (Å²) in [5, 5.41) is 13.1. The van der Waals surface area contributed by atoms with E-state index in [0.717, 1.165) is 25.3 Å². The lowest BCUT2D eigenvalue weighted by Crippen LogP contribution is -2.52. The van der Waals surface area contributed by atoms with E-state index in [-0.39, 0.29) is 5.54 Å². The minimum atomic E-state index is 0.0297. The van der Waals surface area contributed by atoms with Gasteiger partial charge in [0, 0.05) is 5.54 Å². The summed E-state index contributed by atoms with van der Waals surface area (Å²) in [5.41, 5.74) is 0.0297. The third-order valence-electron chi connectivity index (χ3n) is 3.28. The van der Waals surface area contributed by atoms with Crippen molar-refractivity contribution in [1.82, 2.24) is 5.32 Å². The van der Waals surface area contributed by atoms with Crippen LogP contribution in [-0.2, 0) is 0 Å². The summed E-state index contributed by atoms with van der Waals surface area (Å²) >= 11 is 0. The molecule has 2 heteroatoms. The molecule has 84 valence electrons. The van der Waals surface area contributed by atoms with E-state index in [1.165, 1.54) is 12.8 Å². The van der Waals surface area contributed by atoms with E-state index in [0.29, 0.717) is 12.5 Å². The standard InChI is InChI=1S/C12H25NO/c1-10(2)8-13-12(9-14)6-4-5-11(3)7-12/h10-11,13-14H,4-9H2,1-3H3. The highest BCUT2D eigenvalue weighted by molar-refractivity contribution is 4.92. The van der Waals surface area contributed by atoms with Crippen LogP contribution in [0.15, 0.2) is 0 Å². The average Bonchev–Trinajstić information content (AvgIpc) is 2.15. The summed E-state index contributed by atoms with van der Waals surface area (Å²) in [6.45, 7) is 8.03. The van der Waals surface area contributed by atoms with Gasteiger partial charge in [0.25, 0.3) is 0 Å². The van der Waals surface area contributed by atoms with E-state index in [1.807, 2.05) is 0 Å². The van der Waals surface area contributed by atoms with Gasteiger partial charge in [-0.05, 0) is 31.2 Å². The number of hydrogen-bond donors (Lipinski definition) is 2. The molecule has 14 heavy (non-hydrogen) atoms. The molecule has 2 N–H and O–H groups in total. The molecule has 1 aliphatic rings. The van der Waals surface area contributed by atoms with Gasteiger partial charge in [-0.1, -0.05) is 33.6 Å². The second-order valence-electron chi connectivity index (χ2n) is 5.41. The van der Waals surface area contributed by atoms with Gasteiger partial charge in [-0.15, -0.1) is 0 Å². The van der Waals surface area contributed by atoms with Crippen molar-refractivity contribution in [2.45, 2.75) is 52.0 Å². The molecule has 0 bridgehead atoms. The van der Waals surface area contributed by atoms with E-state index >= 15 is 0 Å². The largest absolute Gasteiger partial charge is 0.394 e. The topological polar surface area (TPSA) is 32.3 Å². The van der Waals surface area contributed by atoms with Gasteiger partial charge in [0.1, 0.15) is 0 Å². The molecule has 0 amide bonds. The van der Waals surface area contributed by atoms with Crippen molar-refractivity contribution in [2.24, 2.45) is 11.8 Å². The Morgan fingerprint density at radius 1 is 1.50 bits per heavy atom. The Bertz CT molecular complexity index is 170. The molecule has 2 unspecified atom stereocenters. The molecule has 1 saturated carbocycles. The highest BCUT2D eigenvalue weighted by Crippen LogP contribution is 2.31. The molecular formula is C12H25NO.